The van der Waals surface area contributed by atoms with E-state index >= 15 is 0 Å². The molecule has 1 saturated heterocycles. The SMILES string of the molecule is CCOc1ccc(NC(=O)C(C)OC(=O)CN2C(=O)NC3(CCC(C)CC3)C2=O)cc1. The van der Waals surface area contributed by atoms with Gasteiger partial charge in [0.15, 0.2) is 6.10 Å². The van der Waals surface area contributed by atoms with Crippen LogP contribution < -0.4 is 15.4 Å². The number of anilines is 1. The van der Waals surface area contributed by atoms with Crippen LogP contribution >= 0.6 is 0 Å². The van der Waals surface area contributed by atoms with Crippen molar-refractivity contribution in [3.8, 4) is 5.75 Å². The lowest BCUT2D eigenvalue weighted by Crippen LogP contribution is -2.49. The number of nitrogens with zero attached hydrogens (tertiary/aromatic N) is 1. The van der Waals surface area contributed by atoms with Gasteiger partial charge in [-0.15, -0.1) is 0 Å². The van der Waals surface area contributed by atoms with E-state index < -0.39 is 42.0 Å². The standard InChI is InChI=1S/C22H29N3O6/c1-4-30-17-7-5-16(6-8-17)23-19(27)15(3)31-18(26)13-25-20(28)22(24-21(25)29)11-9-14(2)10-12-22/h5-8,14-15H,4,9-13H2,1-3H3,(H,23,27)(H,24,29). The second-order valence-corrected chi connectivity index (χ2v) is 8.16. The van der Waals surface area contributed by atoms with Crippen molar-refractivity contribution in [1.82, 2.24) is 10.2 Å². The van der Waals surface area contributed by atoms with Gasteiger partial charge in [0.1, 0.15) is 17.8 Å². The van der Waals surface area contributed by atoms with Crippen LogP contribution in [0.1, 0.15) is 46.5 Å². The minimum Gasteiger partial charge on any atom is -0.494 e. The minimum absolute atomic E-state index is 0.396. The van der Waals surface area contributed by atoms with Gasteiger partial charge in [-0.2, -0.15) is 0 Å². The number of rotatable bonds is 7. The van der Waals surface area contributed by atoms with Crippen LogP contribution in [0.25, 0.3) is 0 Å². The van der Waals surface area contributed by atoms with E-state index in [4.69, 9.17) is 9.47 Å². The Morgan fingerprint density at radius 1 is 1.23 bits per heavy atom. The first-order chi connectivity index (χ1) is 14.7. The Kier molecular flexibility index (Phi) is 6.82. The third-order valence-corrected chi connectivity index (χ3v) is 5.77. The van der Waals surface area contributed by atoms with E-state index in [-0.39, 0.29) is 0 Å². The number of nitrogens with one attached hydrogen (secondary N) is 2. The Morgan fingerprint density at radius 3 is 2.48 bits per heavy atom. The molecular formula is C22H29N3O6. The van der Waals surface area contributed by atoms with E-state index in [1.54, 1.807) is 24.3 Å². The quantitative estimate of drug-likeness (QED) is 0.506. The van der Waals surface area contributed by atoms with Crippen LogP contribution in [-0.4, -0.2) is 53.5 Å². The van der Waals surface area contributed by atoms with Gasteiger partial charge in [0.25, 0.3) is 11.8 Å². The summed E-state index contributed by atoms with van der Waals surface area (Å²) in [4.78, 5) is 50.6. The maximum absolute atomic E-state index is 12.8. The Morgan fingerprint density at radius 2 is 1.87 bits per heavy atom. The summed E-state index contributed by atoms with van der Waals surface area (Å²) in [7, 11) is 0. The smallest absolute Gasteiger partial charge is 0.327 e. The maximum atomic E-state index is 12.8. The van der Waals surface area contributed by atoms with Gasteiger partial charge >= 0.3 is 12.0 Å². The lowest BCUT2D eigenvalue weighted by atomic mass is 9.77. The summed E-state index contributed by atoms with van der Waals surface area (Å²) in [6.07, 6.45) is 1.71. The third-order valence-electron chi connectivity index (χ3n) is 5.77. The molecule has 31 heavy (non-hydrogen) atoms. The third kappa shape index (κ3) is 5.15. The molecule has 1 spiro atoms. The fourth-order valence-electron chi connectivity index (χ4n) is 3.88. The van der Waals surface area contributed by atoms with Crippen molar-refractivity contribution in [2.75, 3.05) is 18.5 Å². The minimum atomic E-state index is -1.09. The molecule has 3 rings (SSSR count). The van der Waals surface area contributed by atoms with Crippen LogP contribution in [-0.2, 0) is 19.1 Å². The summed E-state index contributed by atoms with van der Waals surface area (Å²) in [5.74, 6) is -0.554. The first-order valence-electron chi connectivity index (χ1n) is 10.6. The summed E-state index contributed by atoms with van der Waals surface area (Å²) in [6.45, 7) is 5.43. The summed E-state index contributed by atoms with van der Waals surface area (Å²) in [5, 5.41) is 5.40. The molecule has 9 nitrogen and oxygen atoms in total. The second kappa shape index (κ2) is 9.36. The van der Waals surface area contributed by atoms with E-state index in [0.717, 1.165) is 17.7 Å². The van der Waals surface area contributed by atoms with Crippen molar-refractivity contribution in [3.63, 3.8) is 0 Å². The van der Waals surface area contributed by atoms with Crippen LogP contribution in [0.4, 0.5) is 10.5 Å². The molecule has 1 aromatic rings. The van der Waals surface area contributed by atoms with Gasteiger partial charge < -0.3 is 20.1 Å². The van der Waals surface area contributed by atoms with Crippen molar-refractivity contribution in [3.05, 3.63) is 24.3 Å². The molecule has 1 atom stereocenters. The Bertz CT molecular complexity index is 845. The van der Waals surface area contributed by atoms with Crippen molar-refractivity contribution >= 4 is 29.5 Å². The molecule has 1 heterocycles. The van der Waals surface area contributed by atoms with Crippen molar-refractivity contribution in [1.29, 1.82) is 0 Å². The van der Waals surface area contributed by atoms with Gasteiger partial charge in [-0.1, -0.05) is 6.92 Å². The molecule has 1 aliphatic heterocycles. The highest BCUT2D eigenvalue weighted by Crippen LogP contribution is 2.36. The molecule has 0 aromatic heterocycles. The van der Waals surface area contributed by atoms with E-state index in [0.29, 0.717) is 36.8 Å². The molecular weight excluding hydrogens is 402 g/mol. The summed E-state index contributed by atoms with van der Waals surface area (Å²) >= 11 is 0. The van der Waals surface area contributed by atoms with Gasteiger partial charge in [-0.05, 0) is 69.7 Å². The Labute approximate surface area is 181 Å². The maximum Gasteiger partial charge on any atom is 0.327 e. The van der Waals surface area contributed by atoms with Crippen LogP contribution in [0.2, 0.25) is 0 Å². The average Bonchev–Trinajstić information content (AvgIpc) is 2.96. The lowest BCUT2D eigenvalue weighted by molar-refractivity contribution is -0.155. The first-order valence-corrected chi connectivity index (χ1v) is 10.6. The van der Waals surface area contributed by atoms with Crippen molar-refractivity contribution in [2.24, 2.45) is 5.92 Å². The molecule has 0 radical (unpaired) electrons. The number of hydrogen-bond donors (Lipinski definition) is 2. The number of imide groups is 1. The summed E-state index contributed by atoms with van der Waals surface area (Å²) < 4.78 is 10.5. The summed E-state index contributed by atoms with van der Waals surface area (Å²) in [6, 6.07) is 6.19. The molecule has 168 valence electrons. The molecule has 2 fully saturated rings. The zero-order chi connectivity index (χ0) is 22.6. The van der Waals surface area contributed by atoms with Crippen molar-refractivity contribution in [2.45, 2.75) is 58.1 Å². The number of amides is 4. The molecule has 1 unspecified atom stereocenters. The normalized spacial score (nSPS) is 24.0. The summed E-state index contributed by atoms with van der Waals surface area (Å²) in [5.41, 5.74) is -0.389. The monoisotopic (exact) mass is 431 g/mol. The molecule has 1 saturated carbocycles. The van der Waals surface area contributed by atoms with E-state index in [9.17, 15) is 19.2 Å². The van der Waals surface area contributed by atoms with Gasteiger partial charge in [0, 0.05) is 5.69 Å². The lowest BCUT2D eigenvalue weighted by Gasteiger charge is -2.33. The second-order valence-electron chi connectivity index (χ2n) is 8.16. The molecule has 2 aliphatic rings. The number of carbonyl (C=O) groups is 4. The highest BCUT2D eigenvalue weighted by molar-refractivity contribution is 6.08. The number of ether oxygens (including phenoxy) is 2. The average molecular weight is 431 g/mol. The van der Waals surface area contributed by atoms with Gasteiger partial charge in [-0.3, -0.25) is 19.3 Å². The zero-order valence-corrected chi connectivity index (χ0v) is 18.1. The number of esters is 1. The number of carbonyl (C=O) groups excluding carboxylic acids is 4. The molecule has 1 aromatic carbocycles. The Hall–Kier alpha value is -3.10. The van der Waals surface area contributed by atoms with E-state index in [2.05, 4.69) is 17.6 Å². The van der Waals surface area contributed by atoms with Crippen molar-refractivity contribution < 1.29 is 28.7 Å². The number of hydrogen-bond acceptors (Lipinski definition) is 6. The van der Waals surface area contributed by atoms with Crippen LogP contribution in [0.15, 0.2) is 24.3 Å². The van der Waals surface area contributed by atoms with Gasteiger partial charge in [0.2, 0.25) is 0 Å². The first kappa shape index (κ1) is 22.6. The number of urea groups is 1. The topological polar surface area (TPSA) is 114 Å². The number of benzene rings is 1. The van der Waals surface area contributed by atoms with Gasteiger partial charge in [0.05, 0.1) is 6.61 Å². The predicted molar refractivity (Wildman–Crippen MR) is 112 cm³/mol. The van der Waals surface area contributed by atoms with E-state index in [1.807, 2.05) is 6.92 Å². The van der Waals surface area contributed by atoms with Gasteiger partial charge in [-0.25, -0.2) is 4.79 Å². The molecule has 0 bridgehead atoms. The highest BCUT2D eigenvalue weighted by Gasteiger charge is 2.52. The van der Waals surface area contributed by atoms with Crippen LogP contribution in [0, 0.1) is 5.92 Å². The molecule has 2 N–H and O–H groups in total. The van der Waals surface area contributed by atoms with Crippen LogP contribution in [0.3, 0.4) is 0 Å². The van der Waals surface area contributed by atoms with E-state index in [1.165, 1.54) is 6.92 Å². The predicted octanol–water partition coefficient (Wildman–Crippen LogP) is 2.46. The molecule has 4 amide bonds. The fourth-order valence-corrected chi connectivity index (χ4v) is 3.88. The Balaban J connectivity index is 1.52. The van der Waals surface area contributed by atoms with Crippen LogP contribution in [0.5, 0.6) is 5.75 Å². The highest BCUT2D eigenvalue weighted by atomic mass is 16.5. The zero-order valence-electron chi connectivity index (χ0n) is 18.1. The molecule has 9 heteroatoms. The fraction of sp³-hybridized carbons (Fsp3) is 0.545. The largest absolute Gasteiger partial charge is 0.494 e. The molecule has 1 aliphatic carbocycles.